The van der Waals surface area contributed by atoms with E-state index in [9.17, 15) is 14.9 Å². The zero-order valence-corrected chi connectivity index (χ0v) is 16.5. The lowest BCUT2D eigenvalue weighted by molar-refractivity contribution is -0.142. The molecule has 2 aromatic heterocycles. The first-order valence-electron chi connectivity index (χ1n) is 9.24. The highest BCUT2D eigenvalue weighted by Crippen LogP contribution is 2.19. The molecule has 0 bridgehead atoms. The number of rotatable bonds is 6. The summed E-state index contributed by atoms with van der Waals surface area (Å²) in [6, 6.07) is 10.6. The smallest absolute Gasteiger partial charge is 0.350 e. The van der Waals surface area contributed by atoms with Gasteiger partial charge in [0.2, 0.25) is 0 Å². The third-order valence-corrected chi connectivity index (χ3v) is 4.65. The highest BCUT2D eigenvalue weighted by molar-refractivity contribution is 5.98. The van der Waals surface area contributed by atoms with Gasteiger partial charge in [-0.25, -0.2) is 4.79 Å². The molecule has 0 fully saturated rings. The summed E-state index contributed by atoms with van der Waals surface area (Å²) in [5, 5.41) is 17.5. The normalized spacial score (nSPS) is 11.4. The maximum atomic E-state index is 12.4. The van der Waals surface area contributed by atoms with Gasteiger partial charge in [-0.15, -0.1) is 5.10 Å². The number of ether oxygens (including phenoxy) is 1. The summed E-state index contributed by atoms with van der Waals surface area (Å²) >= 11 is 0. The third-order valence-electron chi connectivity index (χ3n) is 4.65. The van der Waals surface area contributed by atoms with Crippen LogP contribution in [0.5, 0.6) is 0 Å². The maximum Gasteiger partial charge on any atom is 0.350 e. The minimum atomic E-state index is -0.824. The molecule has 3 rings (SSSR count). The van der Waals surface area contributed by atoms with Crippen molar-refractivity contribution in [3.05, 3.63) is 63.2 Å². The highest BCUT2D eigenvalue weighted by atomic mass is 16.5. The summed E-state index contributed by atoms with van der Waals surface area (Å²) in [5.74, 6) is -0.824. The summed E-state index contributed by atoms with van der Waals surface area (Å²) in [5.41, 5.74) is 2.70. The summed E-state index contributed by atoms with van der Waals surface area (Å²) in [6.45, 7) is 6.45. The van der Waals surface area contributed by atoms with Gasteiger partial charge in [0, 0.05) is 17.9 Å². The molecule has 0 spiro atoms. The Morgan fingerprint density at radius 3 is 2.79 bits per heavy atom. The van der Waals surface area contributed by atoms with Crippen LogP contribution in [0.3, 0.4) is 0 Å². The first-order valence-corrected chi connectivity index (χ1v) is 9.24. The van der Waals surface area contributed by atoms with Gasteiger partial charge in [0.1, 0.15) is 17.2 Å². The van der Waals surface area contributed by atoms with Gasteiger partial charge in [0.25, 0.3) is 5.56 Å². The molecule has 0 unspecified atom stereocenters. The van der Waals surface area contributed by atoms with Crippen LogP contribution in [-0.4, -0.2) is 25.5 Å². The Hall–Kier alpha value is -3.73. The quantitative estimate of drug-likeness (QED) is 0.364. The third kappa shape index (κ3) is 4.09. The van der Waals surface area contributed by atoms with E-state index in [1.165, 1.54) is 6.08 Å². The van der Waals surface area contributed by atoms with Crippen molar-refractivity contribution in [2.75, 3.05) is 0 Å². The predicted octanol–water partition coefficient (Wildman–Crippen LogP) is 2.73. The Morgan fingerprint density at radius 1 is 1.31 bits per heavy atom. The van der Waals surface area contributed by atoms with Gasteiger partial charge < -0.3 is 9.30 Å². The number of nitrogens with zero attached hydrogens (tertiary/aromatic N) is 5. The van der Waals surface area contributed by atoms with E-state index in [1.54, 1.807) is 24.3 Å². The van der Waals surface area contributed by atoms with E-state index in [0.717, 1.165) is 34.6 Å². The molecule has 29 heavy (non-hydrogen) atoms. The number of nitriles is 1. The topological polar surface area (TPSA) is 103 Å². The lowest BCUT2D eigenvalue weighted by Gasteiger charge is -2.07. The second-order valence-corrected chi connectivity index (χ2v) is 6.62. The zero-order valence-electron chi connectivity index (χ0n) is 16.5. The number of esters is 1. The number of carbonyl (C=O) groups is 1. The van der Waals surface area contributed by atoms with Gasteiger partial charge in [-0.1, -0.05) is 24.3 Å². The number of aromatic nitrogens is 4. The van der Waals surface area contributed by atoms with Crippen LogP contribution in [-0.2, 0) is 22.8 Å². The molecule has 8 nitrogen and oxygen atoms in total. The van der Waals surface area contributed by atoms with Crippen LogP contribution in [0.25, 0.3) is 17.0 Å². The van der Waals surface area contributed by atoms with Crippen LogP contribution in [0.15, 0.2) is 40.7 Å². The summed E-state index contributed by atoms with van der Waals surface area (Å²) < 4.78 is 8.21. The molecule has 0 aliphatic carbocycles. The van der Waals surface area contributed by atoms with Gasteiger partial charge in [0.15, 0.2) is 6.73 Å². The molecule has 0 N–H and O–H groups in total. The van der Waals surface area contributed by atoms with Crippen LogP contribution in [0, 0.1) is 25.2 Å². The van der Waals surface area contributed by atoms with Crippen LogP contribution in [0.4, 0.5) is 0 Å². The molecular weight excluding hydrogens is 370 g/mol. The average Bonchev–Trinajstić information content (AvgIpc) is 2.99. The van der Waals surface area contributed by atoms with Crippen LogP contribution in [0.2, 0.25) is 0 Å². The Morgan fingerprint density at radius 2 is 2.07 bits per heavy atom. The first-order chi connectivity index (χ1) is 14.0. The molecule has 0 atom stereocenters. The molecule has 0 saturated heterocycles. The van der Waals surface area contributed by atoms with Crippen LogP contribution in [0.1, 0.15) is 30.3 Å². The largest absolute Gasteiger partial charge is 0.438 e. The fraction of sp³-hybridized carbons (Fsp3) is 0.286. The summed E-state index contributed by atoms with van der Waals surface area (Å²) in [7, 11) is 0. The molecule has 0 saturated carbocycles. The van der Waals surface area contributed by atoms with Crippen molar-refractivity contribution in [2.45, 2.75) is 40.5 Å². The Labute approximate surface area is 167 Å². The van der Waals surface area contributed by atoms with Crippen molar-refractivity contribution >= 4 is 22.9 Å². The van der Waals surface area contributed by atoms with Gasteiger partial charge in [-0.3, -0.25) is 4.79 Å². The first kappa shape index (κ1) is 20.0. The van der Waals surface area contributed by atoms with E-state index >= 15 is 0 Å². The number of hydrogen-bond donors (Lipinski definition) is 0. The van der Waals surface area contributed by atoms with Crippen molar-refractivity contribution in [3.8, 4) is 6.07 Å². The number of carbonyl (C=O) groups excluding carboxylic acids is 1. The minimum absolute atomic E-state index is 0.149. The lowest BCUT2D eigenvalue weighted by Crippen LogP contribution is -2.26. The van der Waals surface area contributed by atoms with E-state index in [1.807, 2.05) is 26.0 Å². The highest BCUT2D eigenvalue weighted by Gasteiger charge is 2.15. The van der Waals surface area contributed by atoms with E-state index in [4.69, 9.17) is 4.74 Å². The van der Waals surface area contributed by atoms with Gasteiger partial charge in [-0.2, -0.15) is 9.94 Å². The Kier molecular flexibility index (Phi) is 5.88. The maximum absolute atomic E-state index is 12.4. The molecule has 0 amide bonds. The predicted molar refractivity (Wildman–Crippen MR) is 108 cm³/mol. The molecule has 0 aliphatic heterocycles. The Bertz CT molecular complexity index is 1200. The average molecular weight is 391 g/mol. The van der Waals surface area contributed by atoms with Crippen LogP contribution < -0.4 is 5.56 Å². The number of fused-ring (bicyclic) bond motifs is 1. The van der Waals surface area contributed by atoms with Gasteiger partial charge >= 0.3 is 5.97 Å². The van der Waals surface area contributed by atoms with Crippen molar-refractivity contribution in [3.63, 3.8) is 0 Å². The van der Waals surface area contributed by atoms with Crippen molar-refractivity contribution in [2.24, 2.45) is 0 Å². The molecule has 1 aromatic carbocycles. The van der Waals surface area contributed by atoms with Crippen molar-refractivity contribution in [1.29, 1.82) is 5.26 Å². The molecule has 8 heteroatoms. The number of aryl methyl sites for hydroxylation is 1. The molecule has 2 heterocycles. The second-order valence-electron chi connectivity index (χ2n) is 6.62. The van der Waals surface area contributed by atoms with Crippen molar-refractivity contribution in [1.82, 2.24) is 19.6 Å². The van der Waals surface area contributed by atoms with E-state index < -0.39 is 18.3 Å². The number of benzene rings is 1. The lowest BCUT2D eigenvalue weighted by atomic mass is 10.1. The fourth-order valence-corrected chi connectivity index (χ4v) is 3.14. The van der Waals surface area contributed by atoms with Crippen LogP contribution >= 0.6 is 0 Å². The van der Waals surface area contributed by atoms with E-state index in [-0.39, 0.29) is 5.57 Å². The van der Waals surface area contributed by atoms with E-state index in [2.05, 4.69) is 21.8 Å². The Balaban J connectivity index is 1.80. The second kappa shape index (κ2) is 8.52. The molecular formula is C21H21N5O3. The fourth-order valence-electron chi connectivity index (χ4n) is 3.14. The van der Waals surface area contributed by atoms with Crippen molar-refractivity contribution < 1.29 is 9.53 Å². The molecule has 148 valence electrons. The standard InChI is InChI=1S/C21H21N5O3/c1-4-9-25-14(2)10-16(15(25)3)11-17(12-22)21(28)29-13-26-20(27)18-7-5-6-8-19(18)23-24-26/h5-8,10-11H,4,9,13H2,1-3H3/b17-11+. The monoisotopic (exact) mass is 391 g/mol. The number of hydrogen-bond acceptors (Lipinski definition) is 6. The van der Waals surface area contributed by atoms with E-state index in [0.29, 0.717) is 10.9 Å². The SMILES string of the molecule is CCCn1c(C)cc(/C=C(\C#N)C(=O)OCn2nnc3ccccc3c2=O)c1C. The molecule has 3 aromatic rings. The molecule has 0 radical (unpaired) electrons. The van der Waals surface area contributed by atoms with Gasteiger partial charge in [-0.05, 0) is 50.1 Å². The van der Waals surface area contributed by atoms with Gasteiger partial charge in [0.05, 0.1) is 5.39 Å². The molecule has 0 aliphatic rings. The summed E-state index contributed by atoms with van der Waals surface area (Å²) in [6.07, 6.45) is 2.49. The minimum Gasteiger partial charge on any atom is -0.438 e. The summed E-state index contributed by atoms with van der Waals surface area (Å²) in [4.78, 5) is 24.8. The zero-order chi connectivity index (χ0) is 21.0.